The van der Waals surface area contributed by atoms with Crippen molar-refractivity contribution in [3.8, 4) is 5.75 Å². The zero-order valence-electron chi connectivity index (χ0n) is 16.0. The first-order chi connectivity index (χ1) is 11.7. The summed E-state index contributed by atoms with van der Waals surface area (Å²) in [6.07, 6.45) is 0.160. The summed E-state index contributed by atoms with van der Waals surface area (Å²) >= 11 is 0. The quantitative estimate of drug-likeness (QED) is 0.791. The van der Waals surface area contributed by atoms with Gasteiger partial charge in [-0.05, 0) is 32.8 Å². The van der Waals surface area contributed by atoms with Gasteiger partial charge in [-0.1, -0.05) is 38.5 Å². The third kappa shape index (κ3) is 7.03. The Balaban J connectivity index is 2.75. The van der Waals surface area contributed by atoms with Crippen LogP contribution in [0.3, 0.4) is 0 Å². The van der Waals surface area contributed by atoms with Crippen molar-refractivity contribution >= 4 is 12.0 Å². The van der Waals surface area contributed by atoms with E-state index in [1.165, 1.54) is 0 Å². The minimum absolute atomic E-state index is 0.0230. The molecule has 2 unspecified atom stereocenters. The molecule has 0 fully saturated rings. The number of carbonyl (C=O) groups is 2. The highest BCUT2D eigenvalue weighted by Gasteiger charge is 2.28. The van der Waals surface area contributed by atoms with E-state index in [2.05, 4.69) is 10.6 Å². The highest BCUT2D eigenvalue weighted by molar-refractivity contribution is 5.86. The molecule has 0 aromatic heterocycles. The van der Waals surface area contributed by atoms with Crippen LogP contribution in [0.15, 0.2) is 24.3 Å². The van der Waals surface area contributed by atoms with Crippen LogP contribution in [0.4, 0.5) is 4.79 Å². The van der Waals surface area contributed by atoms with E-state index in [1.807, 2.05) is 38.1 Å². The third-order valence-corrected chi connectivity index (χ3v) is 3.81. The summed E-state index contributed by atoms with van der Waals surface area (Å²) < 4.78 is 10.5. The Labute approximate surface area is 150 Å². The molecular formula is C19H30N2O4. The molecule has 25 heavy (non-hydrogen) atoms. The molecule has 2 amide bonds. The smallest absolute Gasteiger partial charge is 0.408 e. The minimum Gasteiger partial charge on any atom is -0.496 e. The van der Waals surface area contributed by atoms with Gasteiger partial charge in [-0.2, -0.15) is 0 Å². The third-order valence-electron chi connectivity index (χ3n) is 3.81. The van der Waals surface area contributed by atoms with Crippen LogP contribution in [0.25, 0.3) is 0 Å². The lowest BCUT2D eigenvalue weighted by atomic mass is 9.98. The van der Waals surface area contributed by atoms with E-state index in [-0.39, 0.29) is 11.8 Å². The molecule has 0 spiro atoms. The average Bonchev–Trinajstić information content (AvgIpc) is 2.55. The van der Waals surface area contributed by atoms with Gasteiger partial charge in [0, 0.05) is 12.1 Å². The fourth-order valence-corrected chi connectivity index (χ4v) is 2.28. The van der Waals surface area contributed by atoms with E-state index >= 15 is 0 Å². The number of methoxy groups -OCH3 is 1. The molecule has 1 rings (SSSR count). The molecule has 0 radical (unpaired) electrons. The Morgan fingerprint density at radius 3 is 2.40 bits per heavy atom. The van der Waals surface area contributed by atoms with Crippen LogP contribution in [-0.2, 0) is 16.1 Å². The standard InChI is InChI=1S/C19H30N2O4/c1-7-13(2)16(21-18(23)25-19(3,4)5)17(22)20-12-14-10-8-9-11-15(14)24-6/h8-11,13,16H,7,12H2,1-6H3,(H,20,22)(H,21,23). The van der Waals surface area contributed by atoms with Crippen molar-refractivity contribution in [1.29, 1.82) is 0 Å². The van der Waals surface area contributed by atoms with Gasteiger partial charge in [0.15, 0.2) is 0 Å². The van der Waals surface area contributed by atoms with Crippen LogP contribution in [0, 0.1) is 5.92 Å². The number of amides is 2. The summed E-state index contributed by atoms with van der Waals surface area (Å²) in [4.78, 5) is 24.6. The van der Waals surface area contributed by atoms with Crippen molar-refractivity contribution in [3.05, 3.63) is 29.8 Å². The van der Waals surface area contributed by atoms with E-state index in [0.717, 1.165) is 12.0 Å². The predicted molar refractivity (Wildman–Crippen MR) is 97.5 cm³/mol. The first-order valence-electron chi connectivity index (χ1n) is 8.57. The first kappa shape index (κ1) is 20.8. The fourth-order valence-electron chi connectivity index (χ4n) is 2.28. The highest BCUT2D eigenvalue weighted by atomic mass is 16.6. The fraction of sp³-hybridized carbons (Fsp3) is 0.579. The summed E-state index contributed by atoms with van der Waals surface area (Å²) in [6, 6.07) is 6.82. The van der Waals surface area contributed by atoms with Gasteiger partial charge in [0.1, 0.15) is 17.4 Å². The lowest BCUT2D eigenvalue weighted by Gasteiger charge is -2.26. The lowest BCUT2D eigenvalue weighted by molar-refractivity contribution is -0.124. The maximum absolute atomic E-state index is 12.6. The van der Waals surface area contributed by atoms with Crippen molar-refractivity contribution in [2.24, 2.45) is 5.92 Å². The van der Waals surface area contributed by atoms with Gasteiger partial charge < -0.3 is 20.1 Å². The first-order valence-corrected chi connectivity index (χ1v) is 8.57. The zero-order chi connectivity index (χ0) is 19.0. The van der Waals surface area contributed by atoms with Gasteiger partial charge in [0.2, 0.25) is 5.91 Å². The zero-order valence-corrected chi connectivity index (χ0v) is 16.0. The van der Waals surface area contributed by atoms with Gasteiger partial charge in [-0.15, -0.1) is 0 Å². The maximum atomic E-state index is 12.6. The Kier molecular flexibility index (Phi) is 7.74. The minimum atomic E-state index is -0.658. The summed E-state index contributed by atoms with van der Waals surface area (Å²) in [7, 11) is 1.59. The largest absolute Gasteiger partial charge is 0.496 e. The average molecular weight is 350 g/mol. The predicted octanol–water partition coefficient (Wildman–Crippen LogP) is 3.25. The number of nitrogens with one attached hydrogen (secondary N) is 2. The molecule has 0 heterocycles. The van der Waals surface area contributed by atoms with E-state index in [9.17, 15) is 9.59 Å². The van der Waals surface area contributed by atoms with E-state index < -0.39 is 17.7 Å². The second kappa shape index (κ2) is 9.30. The number of hydrogen-bond donors (Lipinski definition) is 2. The second-order valence-electron chi connectivity index (χ2n) is 7.04. The highest BCUT2D eigenvalue weighted by Crippen LogP contribution is 2.17. The number of hydrogen-bond acceptors (Lipinski definition) is 4. The Morgan fingerprint density at radius 2 is 1.84 bits per heavy atom. The van der Waals surface area contributed by atoms with E-state index in [0.29, 0.717) is 12.3 Å². The number of rotatable bonds is 7. The van der Waals surface area contributed by atoms with Crippen LogP contribution in [-0.4, -0.2) is 30.8 Å². The summed E-state index contributed by atoms with van der Waals surface area (Å²) in [6.45, 7) is 9.57. The maximum Gasteiger partial charge on any atom is 0.408 e. The number of carbonyl (C=O) groups excluding carboxylic acids is 2. The second-order valence-corrected chi connectivity index (χ2v) is 7.04. The molecule has 0 aliphatic rings. The summed E-state index contributed by atoms with van der Waals surface area (Å²) in [5.41, 5.74) is 0.261. The normalized spacial score (nSPS) is 13.5. The van der Waals surface area contributed by atoms with Crippen LogP contribution in [0.1, 0.15) is 46.6 Å². The van der Waals surface area contributed by atoms with Crippen molar-refractivity contribution in [3.63, 3.8) is 0 Å². The molecule has 2 N–H and O–H groups in total. The topological polar surface area (TPSA) is 76.7 Å². The molecular weight excluding hydrogens is 320 g/mol. The van der Waals surface area contributed by atoms with Crippen molar-refractivity contribution in [2.75, 3.05) is 7.11 Å². The van der Waals surface area contributed by atoms with Crippen molar-refractivity contribution < 1.29 is 19.1 Å². The van der Waals surface area contributed by atoms with Crippen LogP contribution in [0.5, 0.6) is 5.75 Å². The molecule has 2 atom stereocenters. The number of ether oxygens (including phenoxy) is 2. The Bertz CT molecular complexity index is 581. The van der Waals surface area contributed by atoms with Crippen LogP contribution < -0.4 is 15.4 Å². The molecule has 0 bridgehead atoms. The molecule has 1 aromatic rings. The van der Waals surface area contributed by atoms with Gasteiger partial charge >= 0.3 is 6.09 Å². The molecule has 6 nitrogen and oxygen atoms in total. The molecule has 0 saturated heterocycles. The monoisotopic (exact) mass is 350 g/mol. The van der Waals surface area contributed by atoms with Gasteiger partial charge in [-0.25, -0.2) is 4.79 Å². The SMILES string of the molecule is CCC(C)C(NC(=O)OC(C)(C)C)C(=O)NCc1ccccc1OC. The number of benzene rings is 1. The van der Waals surface area contributed by atoms with E-state index in [1.54, 1.807) is 27.9 Å². The van der Waals surface area contributed by atoms with Gasteiger partial charge in [0.25, 0.3) is 0 Å². The molecule has 6 heteroatoms. The Hall–Kier alpha value is -2.24. The molecule has 0 aliphatic carbocycles. The Morgan fingerprint density at radius 1 is 1.20 bits per heavy atom. The van der Waals surface area contributed by atoms with Crippen LogP contribution in [0.2, 0.25) is 0 Å². The van der Waals surface area contributed by atoms with Gasteiger partial charge in [0.05, 0.1) is 7.11 Å². The summed E-state index contributed by atoms with van der Waals surface area (Å²) in [5.74, 6) is 0.444. The van der Waals surface area contributed by atoms with Crippen molar-refractivity contribution in [2.45, 2.75) is 59.2 Å². The molecule has 0 aliphatic heterocycles. The molecule has 0 saturated carbocycles. The summed E-state index contributed by atoms with van der Waals surface area (Å²) in [5, 5.41) is 5.55. The van der Waals surface area contributed by atoms with Crippen LogP contribution >= 0.6 is 0 Å². The van der Waals surface area contributed by atoms with E-state index in [4.69, 9.17) is 9.47 Å². The number of alkyl carbamates (subject to hydrolysis) is 1. The van der Waals surface area contributed by atoms with Gasteiger partial charge in [-0.3, -0.25) is 4.79 Å². The molecule has 140 valence electrons. The number of para-hydroxylation sites is 1. The molecule has 1 aromatic carbocycles. The van der Waals surface area contributed by atoms with Crippen molar-refractivity contribution in [1.82, 2.24) is 10.6 Å². The lowest BCUT2D eigenvalue weighted by Crippen LogP contribution is -2.51.